The van der Waals surface area contributed by atoms with E-state index >= 15 is 0 Å². The van der Waals surface area contributed by atoms with E-state index in [0.29, 0.717) is 0 Å². The van der Waals surface area contributed by atoms with E-state index in [2.05, 4.69) is 33.8 Å². The van der Waals surface area contributed by atoms with Gasteiger partial charge in [-0.05, 0) is 39.0 Å². The molecule has 0 nitrogen and oxygen atoms in total. The lowest BCUT2D eigenvalue weighted by molar-refractivity contribution is 0.554. The fraction of sp³-hybridized carbons (Fsp3) is 0.727. The van der Waals surface area contributed by atoms with Crippen molar-refractivity contribution in [1.29, 1.82) is 0 Å². The Morgan fingerprint density at radius 1 is 1.45 bits per heavy atom. The van der Waals surface area contributed by atoms with Crippen LogP contribution in [0.3, 0.4) is 0 Å². The van der Waals surface area contributed by atoms with Crippen LogP contribution in [-0.4, -0.2) is 0 Å². The molecule has 0 aliphatic rings. The second-order valence-electron chi connectivity index (χ2n) is 3.63. The van der Waals surface area contributed by atoms with Gasteiger partial charge in [-0.3, -0.25) is 0 Å². The van der Waals surface area contributed by atoms with E-state index in [4.69, 9.17) is 0 Å². The standard InChI is InChI=1S/C11H21/c1-5-7-11(4)9-6-8-10(2)3/h7,10H,1,5-6,8-9H2,2-4H3. The molecule has 1 radical (unpaired) electrons. The molecule has 0 N–H and O–H groups in total. The van der Waals surface area contributed by atoms with E-state index < -0.39 is 0 Å². The first kappa shape index (κ1) is 10.7. The summed E-state index contributed by atoms with van der Waals surface area (Å²) in [7, 11) is 0. The van der Waals surface area contributed by atoms with E-state index in [1.54, 1.807) is 0 Å². The smallest absolute Gasteiger partial charge is 0.0323 e. The third-order valence-corrected chi connectivity index (χ3v) is 1.85. The van der Waals surface area contributed by atoms with Gasteiger partial charge in [0.1, 0.15) is 0 Å². The first-order chi connectivity index (χ1) is 5.16. The SMILES string of the molecule is [CH2]CC=C(C)CCCC(C)C. The van der Waals surface area contributed by atoms with E-state index in [9.17, 15) is 0 Å². The van der Waals surface area contributed by atoms with Crippen molar-refractivity contribution in [2.45, 2.75) is 46.5 Å². The predicted molar refractivity (Wildman–Crippen MR) is 52.4 cm³/mol. The maximum Gasteiger partial charge on any atom is -0.0323 e. The Balaban J connectivity index is 3.31. The molecule has 0 unspecified atom stereocenters. The van der Waals surface area contributed by atoms with Crippen molar-refractivity contribution in [3.05, 3.63) is 18.6 Å². The quantitative estimate of drug-likeness (QED) is 0.524. The van der Waals surface area contributed by atoms with Gasteiger partial charge in [0.25, 0.3) is 0 Å². The van der Waals surface area contributed by atoms with Crippen LogP contribution >= 0.6 is 0 Å². The van der Waals surface area contributed by atoms with E-state index in [0.717, 1.165) is 12.3 Å². The van der Waals surface area contributed by atoms with Gasteiger partial charge in [-0.15, -0.1) is 0 Å². The van der Waals surface area contributed by atoms with Crippen LogP contribution in [0.5, 0.6) is 0 Å². The lowest BCUT2D eigenvalue weighted by Gasteiger charge is -2.03. The molecule has 0 bridgehead atoms. The fourth-order valence-corrected chi connectivity index (χ4v) is 1.14. The second kappa shape index (κ2) is 6.45. The summed E-state index contributed by atoms with van der Waals surface area (Å²) >= 11 is 0. The Morgan fingerprint density at radius 2 is 2.09 bits per heavy atom. The highest BCUT2D eigenvalue weighted by atomic mass is 14.0. The summed E-state index contributed by atoms with van der Waals surface area (Å²) in [5, 5.41) is 0. The Bertz CT molecular complexity index is 109. The van der Waals surface area contributed by atoms with Crippen molar-refractivity contribution in [3.8, 4) is 0 Å². The van der Waals surface area contributed by atoms with E-state index in [1.807, 2.05) is 0 Å². The van der Waals surface area contributed by atoms with Gasteiger partial charge in [-0.2, -0.15) is 0 Å². The van der Waals surface area contributed by atoms with E-state index in [-0.39, 0.29) is 0 Å². The molecule has 0 fully saturated rings. The molecule has 0 saturated heterocycles. The zero-order valence-electron chi connectivity index (χ0n) is 8.19. The van der Waals surface area contributed by atoms with Crippen molar-refractivity contribution in [2.24, 2.45) is 5.92 Å². The number of rotatable bonds is 5. The summed E-state index contributed by atoms with van der Waals surface area (Å²) in [6, 6.07) is 0. The summed E-state index contributed by atoms with van der Waals surface area (Å²) in [6.07, 6.45) is 7.10. The molecule has 0 heterocycles. The predicted octanol–water partition coefficient (Wildman–Crippen LogP) is 3.98. The molecule has 65 valence electrons. The third kappa shape index (κ3) is 7.64. The largest absolute Gasteiger partial charge is 0.0856 e. The van der Waals surface area contributed by atoms with Gasteiger partial charge in [-0.25, -0.2) is 0 Å². The summed E-state index contributed by atoms with van der Waals surface area (Å²) in [5.41, 5.74) is 1.50. The molecular weight excluding hydrogens is 132 g/mol. The van der Waals surface area contributed by atoms with Gasteiger partial charge in [0.2, 0.25) is 0 Å². The van der Waals surface area contributed by atoms with Crippen LogP contribution in [0.4, 0.5) is 0 Å². The molecule has 0 aliphatic heterocycles. The highest BCUT2D eigenvalue weighted by molar-refractivity contribution is 4.97. The molecule has 0 aromatic rings. The van der Waals surface area contributed by atoms with Crippen LogP contribution in [0.15, 0.2) is 11.6 Å². The number of allylic oxidation sites excluding steroid dienone is 2. The fourth-order valence-electron chi connectivity index (χ4n) is 1.14. The van der Waals surface area contributed by atoms with Gasteiger partial charge in [0.15, 0.2) is 0 Å². The van der Waals surface area contributed by atoms with Crippen LogP contribution in [0.2, 0.25) is 0 Å². The maximum absolute atomic E-state index is 3.79. The molecule has 0 rings (SSSR count). The monoisotopic (exact) mass is 153 g/mol. The lowest BCUT2D eigenvalue weighted by atomic mass is 10.0. The molecule has 0 spiro atoms. The van der Waals surface area contributed by atoms with Gasteiger partial charge in [0.05, 0.1) is 0 Å². The van der Waals surface area contributed by atoms with Gasteiger partial charge in [0, 0.05) is 0 Å². The minimum Gasteiger partial charge on any atom is -0.0856 e. The van der Waals surface area contributed by atoms with E-state index in [1.165, 1.54) is 24.8 Å². The van der Waals surface area contributed by atoms with Gasteiger partial charge >= 0.3 is 0 Å². The Labute approximate surface area is 71.7 Å². The van der Waals surface area contributed by atoms with Crippen LogP contribution in [0.25, 0.3) is 0 Å². The normalized spacial score (nSPS) is 12.6. The van der Waals surface area contributed by atoms with Crippen molar-refractivity contribution >= 4 is 0 Å². The van der Waals surface area contributed by atoms with Crippen molar-refractivity contribution in [1.82, 2.24) is 0 Å². The lowest BCUT2D eigenvalue weighted by Crippen LogP contribution is -1.87. The first-order valence-electron chi connectivity index (χ1n) is 4.61. The Kier molecular flexibility index (Phi) is 6.30. The molecule has 0 aromatic carbocycles. The van der Waals surface area contributed by atoms with Crippen LogP contribution in [0, 0.1) is 12.8 Å². The summed E-state index contributed by atoms with van der Waals surface area (Å²) in [5.74, 6) is 0.850. The zero-order valence-corrected chi connectivity index (χ0v) is 8.19. The molecule has 11 heavy (non-hydrogen) atoms. The summed E-state index contributed by atoms with van der Waals surface area (Å²) in [4.78, 5) is 0. The highest BCUT2D eigenvalue weighted by Crippen LogP contribution is 2.11. The average molecular weight is 153 g/mol. The average Bonchev–Trinajstić information content (AvgIpc) is 1.87. The minimum atomic E-state index is 0.850. The van der Waals surface area contributed by atoms with Crippen molar-refractivity contribution in [3.63, 3.8) is 0 Å². The molecular formula is C11H21. The first-order valence-corrected chi connectivity index (χ1v) is 4.61. The topological polar surface area (TPSA) is 0 Å². The zero-order chi connectivity index (χ0) is 8.69. The van der Waals surface area contributed by atoms with Crippen molar-refractivity contribution in [2.75, 3.05) is 0 Å². The maximum atomic E-state index is 3.79. The van der Waals surface area contributed by atoms with Gasteiger partial charge < -0.3 is 0 Å². The molecule has 0 atom stereocenters. The summed E-state index contributed by atoms with van der Waals surface area (Å²) in [6.45, 7) is 10.5. The molecule has 0 amide bonds. The molecule has 0 aromatic heterocycles. The Morgan fingerprint density at radius 3 is 2.55 bits per heavy atom. The van der Waals surface area contributed by atoms with Gasteiger partial charge in [-0.1, -0.05) is 31.9 Å². The van der Waals surface area contributed by atoms with Crippen LogP contribution in [0.1, 0.15) is 46.5 Å². The molecule has 0 heteroatoms. The summed E-state index contributed by atoms with van der Waals surface area (Å²) < 4.78 is 0. The third-order valence-electron chi connectivity index (χ3n) is 1.85. The minimum absolute atomic E-state index is 0.850. The van der Waals surface area contributed by atoms with Crippen LogP contribution in [-0.2, 0) is 0 Å². The molecule has 0 saturated carbocycles. The number of hydrogen-bond acceptors (Lipinski definition) is 0. The second-order valence-corrected chi connectivity index (χ2v) is 3.63. The highest BCUT2D eigenvalue weighted by Gasteiger charge is 1.94. The number of hydrogen-bond donors (Lipinski definition) is 0. The van der Waals surface area contributed by atoms with Crippen molar-refractivity contribution < 1.29 is 0 Å². The molecule has 0 aliphatic carbocycles. The van der Waals surface area contributed by atoms with Crippen LogP contribution < -0.4 is 0 Å². The Hall–Kier alpha value is -0.260.